The standard InChI is InChI=1S/C25H25B2N3O5/c26-19-10-15(12-29-6-8-34-9-7-29)11-20(27)18(19)14-35-22-3-1-2-16-17(22)13-30(25(16)33)21-4-5-23(31)28-24(21)32/h1-3,10-11,21H,4-9,12-14H2,(H,28,31,32). The van der Waals surface area contributed by atoms with Gasteiger partial charge in [-0.15, -0.1) is 0 Å². The van der Waals surface area contributed by atoms with Crippen LogP contribution in [0.5, 0.6) is 5.75 Å². The molecule has 5 rings (SSSR count). The van der Waals surface area contributed by atoms with Crippen LogP contribution >= 0.6 is 0 Å². The summed E-state index contributed by atoms with van der Waals surface area (Å²) in [5.41, 5.74) is 4.05. The van der Waals surface area contributed by atoms with Gasteiger partial charge in [-0.2, -0.15) is 0 Å². The maximum Gasteiger partial charge on any atom is 0.255 e. The summed E-state index contributed by atoms with van der Waals surface area (Å²) >= 11 is 0. The van der Waals surface area contributed by atoms with E-state index in [9.17, 15) is 14.4 Å². The Morgan fingerprint density at radius 2 is 1.83 bits per heavy atom. The van der Waals surface area contributed by atoms with Crippen molar-refractivity contribution in [2.75, 3.05) is 26.3 Å². The van der Waals surface area contributed by atoms with E-state index >= 15 is 0 Å². The molecule has 2 saturated heterocycles. The zero-order valence-corrected chi connectivity index (χ0v) is 19.4. The SMILES string of the molecule is [B]c1cc(CN2CCOCC2)cc([B])c1COc1cccc2c1CN(C1CCC(=O)NC1=O)C2=O. The third-order valence-corrected chi connectivity index (χ3v) is 6.80. The quantitative estimate of drug-likeness (QED) is 0.452. The second-order valence-corrected chi connectivity index (χ2v) is 9.11. The highest BCUT2D eigenvalue weighted by molar-refractivity contribution is 6.39. The van der Waals surface area contributed by atoms with Crippen molar-refractivity contribution in [3.8, 4) is 5.75 Å². The van der Waals surface area contributed by atoms with E-state index < -0.39 is 11.9 Å². The monoisotopic (exact) mass is 469 g/mol. The summed E-state index contributed by atoms with van der Waals surface area (Å²) in [6.07, 6.45) is 0.518. The third kappa shape index (κ3) is 4.86. The van der Waals surface area contributed by atoms with Gasteiger partial charge in [0.2, 0.25) is 11.8 Å². The summed E-state index contributed by atoms with van der Waals surface area (Å²) in [4.78, 5) is 40.6. The Kier molecular flexibility index (Phi) is 6.67. The number of nitrogens with one attached hydrogen (secondary N) is 1. The average molecular weight is 469 g/mol. The second kappa shape index (κ2) is 9.87. The van der Waals surface area contributed by atoms with Crippen molar-refractivity contribution >= 4 is 44.3 Å². The maximum absolute atomic E-state index is 13.0. The first-order valence-electron chi connectivity index (χ1n) is 11.8. The van der Waals surface area contributed by atoms with Gasteiger partial charge in [-0.3, -0.25) is 24.6 Å². The minimum Gasteiger partial charge on any atom is -0.489 e. The molecule has 0 saturated carbocycles. The summed E-state index contributed by atoms with van der Waals surface area (Å²) in [6.45, 7) is 4.34. The predicted molar refractivity (Wildman–Crippen MR) is 130 cm³/mol. The lowest BCUT2D eigenvalue weighted by Gasteiger charge is -2.29. The Morgan fingerprint density at radius 3 is 2.54 bits per heavy atom. The Morgan fingerprint density at radius 1 is 1.09 bits per heavy atom. The van der Waals surface area contributed by atoms with Crippen molar-refractivity contribution in [2.24, 2.45) is 0 Å². The lowest BCUT2D eigenvalue weighted by molar-refractivity contribution is -0.136. The van der Waals surface area contributed by atoms with Crippen molar-refractivity contribution in [1.82, 2.24) is 15.1 Å². The van der Waals surface area contributed by atoms with Crippen molar-refractivity contribution in [2.45, 2.75) is 38.6 Å². The third-order valence-electron chi connectivity index (χ3n) is 6.80. The van der Waals surface area contributed by atoms with Crippen LogP contribution in [0, 0.1) is 0 Å². The smallest absolute Gasteiger partial charge is 0.255 e. The Balaban J connectivity index is 1.29. The molecule has 2 fully saturated rings. The second-order valence-electron chi connectivity index (χ2n) is 9.11. The molecule has 10 heteroatoms. The normalized spacial score (nSPS) is 20.6. The van der Waals surface area contributed by atoms with Crippen molar-refractivity contribution < 1.29 is 23.9 Å². The molecule has 1 N–H and O–H groups in total. The largest absolute Gasteiger partial charge is 0.489 e. The highest BCUT2D eigenvalue weighted by Crippen LogP contribution is 2.33. The highest BCUT2D eigenvalue weighted by atomic mass is 16.5. The van der Waals surface area contributed by atoms with Crippen LogP contribution in [-0.4, -0.2) is 75.6 Å². The van der Waals surface area contributed by atoms with Gasteiger partial charge in [-0.1, -0.05) is 29.1 Å². The molecule has 0 aromatic heterocycles. The summed E-state index contributed by atoms with van der Waals surface area (Å²) in [6, 6.07) is 8.44. The van der Waals surface area contributed by atoms with Crippen LogP contribution in [0.3, 0.4) is 0 Å². The van der Waals surface area contributed by atoms with Crippen molar-refractivity contribution in [1.29, 1.82) is 0 Å². The number of carbonyl (C=O) groups is 3. The molecule has 8 nitrogen and oxygen atoms in total. The lowest BCUT2D eigenvalue weighted by Crippen LogP contribution is -2.52. The Labute approximate surface area is 206 Å². The Hall–Kier alpha value is -3.10. The molecule has 4 radical (unpaired) electrons. The highest BCUT2D eigenvalue weighted by Gasteiger charge is 2.40. The van der Waals surface area contributed by atoms with Gasteiger partial charge in [-0.05, 0) is 29.7 Å². The molecular weight excluding hydrogens is 444 g/mol. The van der Waals surface area contributed by atoms with E-state index in [1.165, 1.54) is 4.90 Å². The fraction of sp³-hybridized carbons (Fsp3) is 0.400. The fourth-order valence-corrected chi connectivity index (χ4v) is 4.90. The molecule has 0 aliphatic carbocycles. The van der Waals surface area contributed by atoms with Crippen LogP contribution in [0.4, 0.5) is 0 Å². The molecule has 1 atom stereocenters. The van der Waals surface area contributed by atoms with Gasteiger partial charge in [0, 0.05) is 37.2 Å². The van der Waals surface area contributed by atoms with Crippen LogP contribution in [-0.2, 0) is 34.0 Å². The molecule has 0 bridgehead atoms. The molecule has 2 aromatic carbocycles. The van der Waals surface area contributed by atoms with Crippen LogP contribution in [0.25, 0.3) is 0 Å². The lowest BCUT2D eigenvalue weighted by atomic mass is 9.79. The number of imide groups is 1. The first kappa shape index (κ1) is 23.6. The molecule has 3 aliphatic rings. The fourth-order valence-electron chi connectivity index (χ4n) is 4.90. The minimum atomic E-state index is -0.675. The zero-order chi connectivity index (χ0) is 24.5. The number of amides is 3. The molecule has 2 aromatic rings. The van der Waals surface area contributed by atoms with E-state index in [0.29, 0.717) is 39.8 Å². The molecule has 0 spiro atoms. The van der Waals surface area contributed by atoms with Crippen LogP contribution in [0.1, 0.15) is 39.9 Å². The number of benzene rings is 2. The van der Waals surface area contributed by atoms with Gasteiger partial charge in [0.25, 0.3) is 5.91 Å². The number of morpholine rings is 1. The zero-order valence-electron chi connectivity index (χ0n) is 19.4. The minimum absolute atomic E-state index is 0.151. The molecular formula is C25H25B2N3O5. The van der Waals surface area contributed by atoms with Crippen molar-refractivity contribution in [3.63, 3.8) is 0 Å². The summed E-state index contributed by atoms with van der Waals surface area (Å²) < 4.78 is 11.5. The van der Waals surface area contributed by atoms with Crippen LogP contribution in [0.15, 0.2) is 30.3 Å². The number of hydrogen-bond acceptors (Lipinski definition) is 6. The number of fused-ring (bicyclic) bond motifs is 1. The molecule has 3 heterocycles. The summed E-state index contributed by atoms with van der Waals surface area (Å²) in [7, 11) is 12.7. The van der Waals surface area contributed by atoms with Gasteiger partial charge in [-0.25, -0.2) is 0 Å². The van der Waals surface area contributed by atoms with Crippen LogP contribution in [0.2, 0.25) is 0 Å². The number of nitrogens with zero attached hydrogens (tertiary/aromatic N) is 2. The molecule has 3 aliphatic heterocycles. The number of rotatable bonds is 6. The van der Waals surface area contributed by atoms with E-state index in [0.717, 1.165) is 38.4 Å². The topological polar surface area (TPSA) is 88.2 Å². The average Bonchev–Trinajstić information content (AvgIpc) is 3.16. The molecule has 35 heavy (non-hydrogen) atoms. The molecule has 176 valence electrons. The first-order valence-corrected chi connectivity index (χ1v) is 11.8. The van der Waals surface area contributed by atoms with E-state index in [1.807, 2.05) is 12.1 Å². The summed E-state index contributed by atoms with van der Waals surface area (Å²) in [5, 5.41) is 2.32. The number of piperidine rings is 1. The number of carbonyl (C=O) groups excluding carboxylic acids is 3. The van der Waals surface area contributed by atoms with E-state index in [1.54, 1.807) is 18.2 Å². The number of hydrogen-bond donors (Lipinski definition) is 1. The van der Waals surface area contributed by atoms with Gasteiger partial charge in [0.1, 0.15) is 34.1 Å². The molecule has 3 amide bonds. The van der Waals surface area contributed by atoms with E-state index in [-0.39, 0.29) is 31.4 Å². The van der Waals surface area contributed by atoms with E-state index in [4.69, 9.17) is 25.2 Å². The first-order chi connectivity index (χ1) is 16.9. The van der Waals surface area contributed by atoms with Gasteiger partial charge < -0.3 is 14.4 Å². The van der Waals surface area contributed by atoms with Crippen molar-refractivity contribution in [3.05, 3.63) is 52.6 Å². The number of ether oxygens (including phenoxy) is 2. The van der Waals surface area contributed by atoms with Crippen LogP contribution < -0.4 is 21.0 Å². The van der Waals surface area contributed by atoms with E-state index in [2.05, 4.69) is 10.2 Å². The summed E-state index contributed by atoms with van der Waals surface area (Å²) in [5.74, 6) is -0.457. The predicted octanol–water partition coefficient (Wildman–Crippen LogP) is -0.554. The van der Waals surface area contributed by atoms with Gasteiger partial charge >= 0.3 is 0 Å². The maximum atomic E-state index is 13.0. The molecule has 1 unspecified atom stereocenters. The van der Waals surface area contributed by atoms with Gasteiger partial charge in [0.15, 0.2) is 0 Å². The Bertz CT molecular complexity index is 1160. The van der Waals surface area contributed by atoms with Gasteiger partial charge in [0.05, 0.1) is 19.8 Å².